The Kier molecular flexibility index (Phi) is 3.98. The second kappa shape index (κ2) is 5.71. The topological polar surface area (TPSA) is 55.1 Å². The molecule has 0 aliphatic heterocycles. The van der Waals surface area contributed by atoms with E-state index in [1.807, 2.05) is 6.92 Å². The number of aryl methyl sites for hydroxylation is 1. The molecule has 0 atom stereocenters. The van der Waals surface area contributed by atoms with Crippen LogP contribution < -0.4 is 9.47 Å². The zero-order valence-corrected chi connectivity index (χ0v) is 10.8. The van der Waals surface area contributed by atoms with Crippen LogP contribution in [-0.4, -0.2) is 11.3 Å². The maximum absolute atomic E-state index is 12.3. The zero-order chi connectivity index (χ0) is 15.5. The molecule has 7 heteroatoms. The van der Waals surface area contributed by atoms with E-state index in [-0.39, 0.29) is 17.2 Å². The van der Waals surface area contributed by atoms with Crippen molar-refractivity contribution < 1.29 is 22.6 Å². The van der Waals surface area contributed by atoms with Crippen molar-refractivity contribution in [1.82, 2.24) is 4.98 Å². The summed E-state index contributed by atoms with van der Waals surface area (Å²) in [5, 5.41) is 8.78. The smallest absolute Gasteiger partial charge is 0.439 e. The fourth-order valence-electron chi connectivity index (χ4n) is 1.50. The van der Waals surface area contributed by atoms with Crippen molar-refractivity contribution in [1.29, 1.82) is 5.26 Å². The van der Waals surface area contributed by atoms with E-state index >= 15 is 0 Å². The Morgan fingerprint density at radius 3 is 2.52 bits per heavy atom. The highest BCUT2D eigenvalue weighted by Crippen LogP contribution is 2.31. The van der Waals surface area contributed by atoms with E-state index in [0.717, 1.165) is 11.6 Å². The molecule has 2 aromatic rings. The number of pyridine rings is 1. The fourth-order valence-corrected chi connectivity index (χ4v) is 1.50. The largest absolute Gasteiger partial charge is 0.573 e. The molecule has 0 bridgehead atoms. The van der Waals surface area contributed by atoms with Gasteiger partial charge < -0.3 is 9.47 Å². The normalized spacial score (nSPS) is 10.8. The Morgan fingerprint density at radius 1 is 1.19 bits per heavy atom. The van der Waals surface area contributed by atoms with Crippen molar-refractivity contribution in [3.63, 3.8) is 0 Å². The van der Waals surface area contributed by atoms with Gasteiger partial charge in [-0.3, -0.25) is 0 Å². The minimum absolute atomic E-state index is 0.0876. The van der Waals surface area contributed by atoms with E-state index in [9.17, 15) is 13.2 Å². The average molecular weight is 294 g/mol. The van der Waals surface area contributed by atoms with Gasteiger partial charge in [-0.25, -0.2) is 4.98 Å². The monoisotopic (exact) mass is 294 g/mol. The Hall–Kier alpha value is -2.75. The second-order valence-electron chi connectivity index (χ2n) is 4.09. The lowest BCUT2D eigenvalue weighted by atomic mass is 10.2. The average Bonchev–Trinajstić information content (AvgIpc) is 2.40. The number of alkyl halides is 3. The molecule has 108 valence electrons. The predicted molar refractivity (Wildman–Crippen MR) is 66.9 cm³/mol. The summed E-state index contributed by atoms with van der Waals surface area (Å²) in [4.78, 5) is 3.97. The number of benzene rings is 1. The van der Waals surface area contributed by atoms with Crippen molar-refractivity contribution >= 4 is 0 Å². The third kappa shape index (κ3) is 4.11. The van der Waals surface area contributed by atoms with Crippen LogP contribution in [0.3, 0.4) is 0 Å². The summed E-state index contributed by atoms with van der Waals surface area (Å²) in [6, 6.07) is 8.49. The number of aromatic nitrogens is 1. The first-order valence-corrected chi connectivity index (χ1v) is 5.78. The summed E-state index contributed by atoms with van der Waals surface area (Å²) in [5.74, 6) is -0.303. The van der Waals surface area contributed by atoms with E-state index in [1.54, 1.807) is 24.4 Å². The third-order valence-electron chi connectivity index (χ3n) is 2.41. The molecule has 4 nitrogen and oxygen atoms in total. The number of nitriles is 1. The molecule has 0 unspecified atom stereocenters. The minimum atomic E-state index is -4.88. The molecule has 1 heterocycles. The van der Waals surface area contributed by atoms with Crippen LogP contribution in [0.15, 0.2) is 36.5 Å². The Labute approximate surface area is 118 Å². The van der Waals surface area contributed by atoms with Crippen LogP contribution in [-0.2, 0) is 0 Å². The number of ether oxygens (including phenoxy) is 2. The van der Waals surface area contributed by atoms with Crippen LogP contribution >= 0.6 is 0 Å². The van der Waals surface area contributed by atoms with Gasteiger partial charge in [-0.2, -0.15) is 5.26 Å². The highest BCUT2D eigenvalue weighted by atomic mass is 19.4. The maximum Gasteiger partial charge on any atom is 0.573 e. The molecule has 2 rings (SSSR count). The molecule has 0 aliphatic carbocycles. The van der Waals surface area contributed by atoms with E-state index in [0.29, 0.717) is 0 Å². The van der Waals surface area contributed by atoms with Crippen molar-refractivity contribution in [3.05, 3.63) is 47.7 Å². The first kappa shape index (κ1) is 14.7. The summed E-state index contributed by atoms with van der Waals surface area (Å²) in [6.07, 6.45) is -3.32. The first-order valence-electron chi connectivity index (χ1n) is 5.78. The van der Waals surface area contributed by atoms with Crippen LogP contribution in [0.25, 0.3) is 0 Å². The lowest BCUT2D eigenvalue weighted by molar-refractivity contribution is -0.274. The highest BCUT2D eigenvalue weighted by molar-refractivity contribution is 5.48. The number of hydrogen-bond donors (Lipinski definition) is 0. The van der Waals surface area contributed by atoms with Crippen LogP contribution in [0, 0.1) is 18.3 Å². The SMILES string of the molecule is Cc1ccc(Oc2ccc(C#N)c(OC(F)(F)F)c2)nc1. The molecule has 1 aromatic carbocycles. The second-order valence-corrected chi connectivity index (χ2v) is 4.09. The van der Waals surface area contributed by atoms with Gasteiger partial charge in [0.25, 0.3) is 0 Å². The van der Waals surface area contributed by atoms with Crippen molar-refractivity contribution in [2.24, 2.45) is 0 Å². The van der Waals surface area contributed by atoms with E-state index in [1.165, 1.54) is 12.1 Å². The molecule has 0 saturated carbocycles. The lowest BCUT2D eigenvalue weighted by Gasteiger charge is -2.12. The predicted octanol–water partition coefficient (Wildman–Crippen LogP) is 3.95. The fraction of sp³-hybridized carbons (Fsp3) is 0.143. The van der Waals surface area contributed by atoms with Gasteiger partial charge in [0.15, 0.2) is 5.75 Å². The van der Waals surface area contributed by atoms with Crippen molar-refractivity contribution in [2.45, 2.75) is 13.3 Å². The van der Waals surface area contributed by atoms with E-state index in [2.05, 4.69) is 9.72 Å². The Bertz CT molecular complexity index is 676. The molecule has 0 aliphatic rings. The van der Waals surface area contributed by atoms with Gasteiger partial charge in [-0.05, 0) is 24.6 Å². The highest BCUT2D eigenvalue weighted by Gasteiger charge is 2.32. The molecule has 0 spiro atoms. The number of nitrogens with zero attached hydrogens (tertiary/aromatic N) is 2. The number of hydrogen-bond acceptors (Lipinski definition) is 4. The lowest BCUT2D eigenvalue weighted by Crippen LogP contribution is -2.17. The zero-order valence-electron chi connectivity index (χ0n) is 10.8. The quantitative estimate of drug-likeness (QED) is 0.860. The third-order valence-corrected chi connectivity index (χ3v) is 2.41. The van der Waals surface area contributed by atoms with Gasteiger partial charge in [0.05, 0.1) is 5.56 Å². The van der Waals surface area contributed by atoms with Crippen molar-refractivity contribution in [2.75, 3.05) is 0 Å². The number of halogens is 3. The molecule has 0 fully saturated rings. The molecule has 0 saturated heterocycles. The van der Waals surface area contributed by atoms with E-state index in [4.69, 9.17) is 10.00 Å². The van der Waals surface area contributed by atoms with Gasteiger partial charge in [0.2, 0.25) is 5.88 Å². The van der Waals surface area contributed by atoms with Gasteiger partial charge >= 0.3 is 6.36 Å². The maximum atomic E-state index is 12.3. The number of rotatable bonds is 3. The Morgan fingerprint density at radius 2 is 1.95 bits per heavy atom. The van der Waals surface area contributed by atoms with Crippen LogP contribution in [0.1, 0.15) is 11.1 Å². The molecule has 0 radical (unpaired) electrons. The summed E-state index contributed by atoms with van der Waals surface area (Å²) in [7, 11) is 0. The van der Waals surface area contributed by atoms with E-state index < -0.39 is 12.1 Å². The molecule has 0 amide bonds. The van der Waals surface area contributed by atoms with Gasteiger partial charge in [-0.1, -0.05) is 6.07 Å². The van der Waals surface area contributed by atoms with Crippen molar-refractivity contribution in [3.8, 4) is 23.4 Å². The summed E-state index contributed by atoms with van der Waals surface area (Å²) in [5.41, 5.74) is 0.680. The molecular weight excluding hydrogens is 285 g/mol. The standard InChI is InChI=1S/C14H9F3N2O2/c1-9-2-5-13(19-8-9)20-11-4-3-10(7-18)12(6-11)21-14(15,16)17/h2-6,8H,1H3. The minimum Gasteiger partial charge on any atom is -0.439 e. The molecule has 21 heavy (non-hydrogen) atoms. The summed E-state index contributed by atoms with van der Waals surface area (Å²) >= 11 is 0. The summed E-state index contributed by atoms with van der Waals surface area (Å²) in [6.45, 7) is 1.84. The Balaban J connectivity index is 2.27. The molecule has 0 N–H and O–H groups in total. The van der Waals surface area contributed by atoms with Crippen LogP contribution in [0.4, 0.5) is 13.2 Å². The van der Waals surface area contributed by atoms with Crippen LogP contribution in [0.5, 0.6) is 17.4 Å². The van der Waals surface area contributed by atoms with Crippen LogP contribution in [0.2, 0.25) is 0 Å². The molecule has 1 aromatic heterocycles. The van der Waals surface area contributed by atoms with Gasteiger partial charge in [0, 0.05) is 18.3 Å². The van der Waals surface area contributed by atoms with Gasteiger partial charge in [0.1, 0.15) is 11.8 Å². The summed E-state index contributed by atoms with van der Waals surface area (Å²) < 4.78 is 45.9. The molecular formula is C14H9F3N2O2. The first-order chi connectivity index (χ1) is 9.87. The van der Waals surface area contributed by atoms with Gasteiger partial charge in [-0.15, -0.1) is 13.2 Å².